The average Bonchev–Trinajstić information content (AvgIpc) is 2.23. The Morgan fingerprint density at radius 2 is 2.27 bits per heavy atom. The van der Waals surface area contributed by atoms with Gasteiger partial charge in [-0.05, 0) is 6.42 Å². The van der Waals surface area contributed by atoms with Crippen molar-refractivity contribution in [1.29, 1.82) is 0 Å². The van der Waals surface area contributed by atoms with Crippen LogP contribution in [0.2, 0.25) is 0 Å². The highest BCUT2D eigenvalue weighted by Crippen LogP contribution is 2.01. The molecule has 84 valence electrons. The molecule has 0 unspecified atom stereocenters. The van der Waals surface area contributed by atoms with Crippen molar-refractivity contribution >= 4 is 18.1 Å². The topological polar surface area (TPSA) is 91.8 Å². The molecule has 1 N–H and O–H groups in total. The van der Waals surface area contributed by atoms with Crippen LogP contribution in [0.3, 0.4) is 0 Å². The van der Waals surface area contributed by atoms with E-state index >= 15 is 0 Å². The van der Waals surface area contributed by atoms with Crippen LogP contribution in [-0.2, 0) is 14.3 Å². The number of rotatable bonds is 6. The van der Waals surface area contributed by atoms with Crippen LogP contribution >= 0.6 is 0 Å². The summed E-state index contributed by atoms with van der Waals surface area (Å²) in [5, 5.41) is 2.38. The average molecular weight is 213 g/mol. The number of carbonyl (C=O) groups excluding carboxylic acids is 2. The van der Waals surface area contributed by atoms with E-state index in [1.54, 1.807) is 0 Å². The fourth-order valence-electron chi connectivity index (χ4n) is 1.06. The van der Waals surface area contributed by atoms with Crippen LogP contribution in [0.1, 0.15) is 26.2 Å². The highest BCUT2D eigenvalue weighted by atomic mass is 16.5. The van der Waals surface area contributed by atoms with Gasteiger partial charge in [0.2, 0.25) is 0 Å². The summed E-state index contributed by atoms with van der Waals surface area (Å²) in [4.78, 5) is 24.8. The lowest BCUT2D eigenvalue weighted by atomic mass is 10.1. The van der Waals surface area contributed by atoms with Crippen LogP contribution in [0.25, 0.3) is 5.53 Å². The second-order valence-corrected chi connectivity index (χ2v) is 2.97. The maximum Gasteiger partial charge on any atom is 0.344 e. The molecule has 0 bridgehead atoms. The maximum atomic E-state index is 11.2. The van der Waals surface area contributed by atoms with E-state index in [1.807, 2.05) is 6.92 Å². The number of hydrogen-bond donors (Lipinski definition) is 1. The molecular weight excluding hydrogens is 198 g/mol. The zero-order valence-corrected chi connectivity index (χ0v) is 8.90. The normalized spacial score (nSPS) is 11.1. The molecule has 1 amide bonds. The summed E-state index contributed by atoms with van der Waals surface area (Å²) in [6, 6.07) is -0.680. The number of esters is 1. The summed E-state index contributed by atoms with van der Waals surface area (Å²) in [7, 11) is 1.26. The third-order valence-electron chi connectivity index (χ3n) is 1.82. The summed E-state index contributed by atoms with van der Waals surface area (Å²) in [6.07, 6.45) is 2.92. The van der Waals surface area contributed by atoms with Crippen LogP contribution in [-0.4, -0.2) is 36.0 Å². The molecule has 0 aromatic rings. The van der Waals surface area contributed by atoms with E-state index in [0.29, 0.717) is 12.6 Å². The van der Waals surface area contributed by atoms with E-state index in [1.165, 1.54) is 7.11 Å². The monoisotopic (exact) mass is 213 g/mol. The molecular formula is C9H15N3O3. The Morgan fingerprint density at radius 3 is 2.73 bits per heavy atom. The lowest BCUT2D eigenvalue weighted by molar-refractivity contribution is -0.144. The maximum absolute atomic E-state index is 11.2. The molecule has 0 radical (unpaired) electrons. The lowest BCUT2D eigenvalue weighted by Crippen LogP contribution is -2.42. The number of amides is 1. The molecule has 0 aliphatic heterocycles. The van der Waals surface area contributed by atoms with Gasteiger partial charge in [0.25, 0.3) is 0 Å². The molecule has 1 atom stereocenters. The number of ether oxygens (including phenoxy) is 1. The second-order valence-electron chi connectivity index (χ2n) is 2.97. The summed E-state index contributed by atoms with van der Waals surface area (Å²) in [5.74, 6) is -1.12. The second kappa shape index (κ2) is 7.70. The predicted molar refractivity (Wildman–Crippen MR) is 53.2 cm³/mol. The van der Waals surface area contributed by atoms with Crippen molar-refractivity contribution in [2.75, 3.05) is 7.11 Å². The Bertz CT molecular complexity index is 272. The van der Waals surface area contributed by atoms with Crippen molar-refractivity contribution in [3.8, 4) is 0 Å². The van der Waals surface area contributed by atoms with Crippen LogP contribution in [0.5, 0.6) is 0 Å². The summed E-state index contributed by atoms with van der Waals surface area (Å²) >= 11 is 0. The predicted octanol–water partition coefficient (Wildman–Crippen LogP) is 0.135. The van der Waals surface area contributed by atoms with Crippen molar-refractivity contribution in [2.45, 2.75) is 32.2 Å². The van der Waals surface area contributed by atoms with Crippen molar-refractivity contribution in [3.63, 3.8) is 0 Å². The van der Waals surface area contributed by atoms with Crippen LogP contribution in [0.15, 0.2) is 0 Å². The molecule has 15 heavy (non-hydrogen) atoms. The first-order valence-corrected chi connectivity index (χ1v) is 4.71. The van der Waals surface area contributed by atoms with E-state index in [0.717, 1.165) is 12.8 Å². The molecule has 0 fully saturated rings. The zero-order valence-electron chi connectivity index (χ0n) is 8.90. The standard InChI is InChI=1S/C9H15N3O3/c1-3-4-5-7(9(14)15-2)12-8(13)6-11-10/h6-7H,3-5H2,1-2H3,(H,12,13)/t7-/m0/s1. The Balaban J connectivity index is 4.29. The van der Waals surface area contributed by atoms with Crippen molar-refractivity contribution in [3.05, 3.63) is 5.53 Å². The minimum Gasteiger partial charge on any atom is -0.467 e. The van der Waals surface area contributed by atoms with Gasteiger partial charge in [0.05, 0.1) is 7.11 Å². The Morgan fingerprint density at radius 1 is 1.60 bits per heavy atom. The first-order valence-electron chi connectivity index (χ1n) is 4.71. The number of unbranched alkanes of at least 4 members (excludes halogenated alkanes) is 1. The SMILES string of the molecule is CCCC[C@H](NC(=O)C=[N+]=[N-])C(=O)OC. The molecule has 0 saturated heterocycles. The minimum atomic E-state index is -0.680. The quantitative estimate of drug-likeness (QED) is 0.294. The van der Waals surface area contributed by atoms with Gasteiger partial charge in [0.1, 0.15) is 6.04 Å². The Hall–Kier alpha value is -1.68. The van der Waals surface area contributed by atoms with Gasteiger partial charge < -0.3 is 15.6 Å². The van der Waals surface area contributed by atoms with Crippen molar-refractivity contribution in [2.24, 2.45) is 0 Å². The minimum absolute atomic E-state index is 0.497. The molecule has 0 rings (SSSR count). The third-order valence-corrected chi connectivity index (χ3v) is 1.82. The van der Waals surface area contributed by atoms with E-state index in [-0.39, 0.29) is 0 Å². The first-order chi connectivity index (χ1) is 7.15. The van der Waals surface area contributed by atoms with E-state index in [4.69, 9.17) is 5.53 Å². The summed E-state index contributed by atoms with van der Waals surface area (Å²) in [6.45, 7) is 1.98. The number of carbonyl (C=O) groups is 2. The van der Waals surface area contributed by atoms with E-state index < -0.39 is 17.9 Å². The van der Waals surface area contributed by atoms with Crippen molar-refractivity contribution < 1.29 is 19.1 Å². The highest BCUT2D eigenvalue weighted by molar-refractivity contribution is 6.24. The fraction of sp³-hybridized carbons (Fsp3) is 0.667. The number of nitrogens with one attached hydrogen (secondary N) is 1. The van der Waals surface area contributed by atoms with Gasteiger partial charge in [0, 0.05) is 0 Å². The molecule has 0 heterocycles. The molecule has 6 heteroatoms. The molecule has 0 aliphatic rings. The largest absolute Gasteiger partial charge is 0.467 e. The van der Waals surface area contributed by atoms with Crippen LogP contribution < -0.4 is 5.32 Å². The van der Waals surface area contributed by atoms with Gasteiger partial charge in [0.15, 0.2) is 0 Å². The van der Waals surface area contributed by atoms with Gasteiger partial charge in [-0.15, -0.1) is 0 Å². The fourth-order valence-corrected chi connectivity index (χ4v) is 1.06. The van der Waals surface area contributed by atoms with E-state index in [9.17, 15) is 9.59 Å². The molecule has 0 saturated carbocycles. The van der Waals surface area contributed by atoms with Crippen LogP contribution in [0, 0.1) is 0 Å². The third kappa shape index (κ3) is 5.59. The first kappa shape index (κ1) is 13.3. The molecule has 6 nitrogen and oxygen atoms in total. The van der Waals surface area contributed by atoms with Gasteiger partial charge in [-0.25, -0.2) is 4.79 Å². The van der Waals surface area contributed by atoms with Crippen molar-refractivity contribution in [1.82, 2.24) is 5.32 Å². The molecule has 0 spiro atoms. The summed E-state index contributed by atoms with van der Waals surface area (Å²) < 4.78 is 4.53. The van der Waals surface area contributed by atoms with Gasteiger partial charge in [-0.1, -0.05) is 19.8 Å². The Labute approximate surface area is 88.2 Å². The lowest BCUT2D eigenvalue weighted by Gasteiger charge is -2.13. The van der Waals surface area contributed by atoms with Gasteiger partial charge in [-0.3, -0.25) is 4.79 Å². The number of methoxy groups -OCH3 is 1. The Kier molecular flexibility index (Phi) is 6.84. The molecule has 0 aromatic carbocycles. The smallest absolute Gasteiger partial charge is 0.344 e. The highest BCUT2D eigenvalue weighted by Gasteiger charge is 2.21. The number of hydrogen-bond acceptors (Lipinski definition) is 3. The molecule has 0 aliphatic carbocycles. The molecule has 0 aromatic heterocycles. The van der Waals surface area contributed by atoms with E-state index in [2.05, 4.69) is 14.8 Å². The zero-order chi connectivity index (χ0) is 11.7. The number of nitrogens with zero attached hydrogens (tertiary/aromatic N) is 2. The van der Waals surface area contributed by atoms with Crippen LogP contribution in [0.4, 0.5) is 0 Å². The van der Waals surface area contributed by atoms with Gasteiger partial charge in [-0.2, -0.15) is 4.79 Å². The van der Waals surface area contributed by atoms with Gasteiger partial charge >= 0.3 is 18.1 Å². The summed E-state index contributed by atoms with van der Waals surface area (Å²) in [5.41, 5.74) is 8.11.